The summed E-state index contributed by atoms with van der Waals surface area (Å²) < 4.78 is 3.31. The summed E-state index contributed by atoms with van der Waals surface area (Å²) in [5.41, 5.74) is 0.679. The quantitative estimate of drug-likeness (QED) is 0.444. The van der Waals surface area contributed by atoms with E-state index in [2.05, 4.69) is 30.7 Å². The Hall–Kier alpha value is -3.34. The van der Waals surface area contributed by atoms with Crippen LogP contribution in [0.2, 0.25) is 0 Å². The molecule has 0 fully saturated rings. The third-order valence-corrected chi connectivity index (χ3v) is 5.16. The number of aryl methyl sites for hydroxylation is 1. The summed E-state index contributed by atoms with van der Waals surface area (Å²) in [4.78, 5) is 37.8. The number of rotatable bonds is 7. The first-order valence-electron chi connectivity index (χ1n) is 9.21. The van der Waals surface area contributed by atoms with Gasteiger partial charge in [-0.05, 0) is 32.8 Å². The van der Waals surface area contributed by atoms with Crippen LogP contribution in [0.4, 0.5) is 0 Å². The Morgan fingerprint density at radius 1 is 1.21 bits per heavy atom. The normalized spacial score (nSPS) is 12.3. The van der Waals surface area contributed by atoms with Crippen molar-refractivity contribution in [2.45, 2.75) is 32.7 Å². The van der Waals surface area contributed by atoms with Crippen LogP contribution in [0.3, 0.4) is 0 Å². The molecule has 0 aliphatic heterocycles. The van der Waals surface area contributed by atoms with Crippen molar-refractivity contribution >= 4 is 33.9 Å². The third-order valence-electron chi connectivity index (χ3n) is 4.32. The van der Waals surface area contributed by atoms with Gasteiger partial charge in [-0.3, -0.25) is 14.0 Å². The van der Waals surface area contributed by atoms with Crippen LogP contribution in [-0.4, -0.2) is 53.4 Å². The number of carbonyl (C=O) groups excluding carboxylic acids is 2. The Morgan fingerprint density at radius 3 is 2.83 bits per heavy atom. The molecule has 2 amide bonds. The van der Waals surface area contributed by atoms with E-state index in [1.807, 2.05) is 13.8 Å². The minimum absolute atomic E-state index is 0.0479. The van der Waals surface area contributed by atoms with Gasteiger partial charge in [0.1, 0.15) is 16.4 Å². The summed E-state index contributed by atoms with van der Waals surface area (Å²) in [6.45, 7) is 4.31. The molecule has 0 aliphatic carbocycles. The van der Waals surface area contributed by atoms with Crippen LogP contribution >= 0.6 is 11.3 Å². The molecule has 0 spiro atoms. The first kappa shape index (κ1) is 19.0. The summed E-state index contributed by atoms with van der Waals surface area (Å²) in [6.07, 6.45) is 8.13. The number of aromatic nitrogens is 6. The van der Waals surface area contributed by atoms with Gasteiger partial charge in [-0.25, -0.2) is 19.5 Å². The van der Waals surface area contributed by atoms with Crippen molar-refractivity contribution in [3.8, 4) is 0 Å². The maximum absolute atomic E-state index is 12.3. The van der Waals surface area contributed by atoms with Crippen molar-refractivity contribution in [1.82, 2.24) is 39.6 Å². The molecule has 2 N–H and O–H groups in total. The molecule has 1 atom stereocenters. The van der Waals surface area contributed by atoms with E-state index in [1.165, 1.54) is 11.3 Å². The van der Waals surface area contributed by atoms with Gasteiger partial charge in [0.15, 0.2) is 0 Å². The number of fused-ring (bicyclic) bond motifs is 2. The number of nitrogens with zero attached hydrogens (tertiary/aromatic N) is 6. The topological polar surface area (TPSA) is 119 Å². The summed E-state index contributed by atoms with van der Waals surface area (Å²) in [5, 5.41) is 10.9. The highest BCUT2D eigenvalue weighted by atomic mass is 32.1. The van der Waals surface area contributed by atoms with Crippen LogP contribution in [0.5, 0.6) is 0 Å². The second-order valence-corrected chi connectivity index (χ2v) is 7.86. The summed E-state index contributed by atoms with van der Waals surface area (Å²) in [7, 11) is 0. The lowest BCUT2D eigenvalue weighted by atomic mass is 10.2. The van der Waals surface area contributed by atoms with Crippen LogP contribution < -0.4 is 10.6 Å². The van der Waals surface area contributed by atoms with E-state index < -0.39 is 0 Å². The number of amides is 2. The van der Waals surface area contributed by atoms with E-state index in [0.29, 0.717) is 28.7 Å². The Bertz CT molecular complexity index is 1110. The fraction of sp³-hybridized carbons (Fsp3) is 0.333. The highest BCUT2D eigenvalue weighted by molar-refractivity contribution is 7.16. The molecule has 10 nitrogen and oxygen atoms in total. The number of imidazole rings is 2. The van der Waals surface area contributed by atoms with Crippen molar-refractivity contribution in [1.29, 1.82) is 0 Å². The maximum atomic E-state index is 12.3. The van der Waals surface area contributed by atoms with Crippen LogP contribution in [-0.2, 0) is 0 Å². The van der Waals surface area contributed by atoms with E-state index in [0.717, 1.165) is 17.8 Å². The highest BCUT2D eigenvalue weighted by Gasteiger charge is 2.15. The number of carbonyl (C=O) groups is 2. The Balaban J connectivity index is 1.22. The van der Waals surface area contributed by atoms with Crippen molar-refractivity contribution in [3.63, 3.8) is 0 Å². The molecular weight excluding hydrogens is 392 g/mol. The molecule has 4 rings (SSSR count). The van der Waals surface area contributed by atoms with Gasteiger partial charge in [0.05, 0.1) is 6.20 Å². The smallest absolute Gasteiger partial charge is 0.271 e. The second kappa shape index (κ2) is 7.95. The Labute approximate surface area is 170 Å². The van der Waals surface area contributed by atoms with Gasteiger partial charge >= 0.3 is 0 Å². The number of hydrogen-bond donors (Lipinski definition) is 2. The van der Waals surface area contributed by atoms with E-state index in [1.54, 1.807) is 39.8 Å². The monoisotopic (exact) mass is 412 g/mol. The Kier molecular flexibility index (Phi) is 5.21. The minimum Gasteiger partial charge on any atom is -0.351 e. The van der Waals surface area contributed by atoms with Crippen molar-refractivity contribution < 1.29 is 9.59 Å². The molecule has 0 saturated carbocycles. The second-order valence-electron chi connectivity index (χ2n) is 6.70. The van der Waals surface area contributed by atoms with Gasteiger partial charge in [-0.2, -0.15) is 5.10 Å². The van der Waals surface area contributed by atoms with Crippen LogP contribution in [0, 0.1) is 6.92 Å². The highest BCUT2D eigenvalue weighted by Crippen LogP contribution is 2.13. The van der Waals surface area contributed by atoms with Crippen molar-refractivity contribution in [2.75, 3.05) is 6.54 Å². The van der Waals surface area contributed by atoms with Crippen LogP contribution in [0.25, 0.3) is 10.7 Å². The standard InChI is InChI=1S/C18H20N8O2S/c1-11(21-16(28)14-10-26-18(23-14)29-12(2)24-26)5-3-6-19-15(27)13-9-25-8-4-7-20-17(25)22-13/h4,7-11H,3,5-6H2,1-2H3,(H,19,27)(H,21,28). The molecular formula is C18H20N8O2S. The van der Waals surface area contributed by atoms with Gasteiger partial charge in [-0.15, -0.1) is 0 Å². The summed E-state index contributed by atoms with van der Waals surface area (Å²) in [6, 6.07) is 1.73. The zero-order valence-corrected chi connectivity index (χ0v) is 16.8. The maximum Gasteiger partial charge on any atom is 0.271 e. The van der Waals surface area contributed by atoms with E-state index in [-0.39, 0.29) is 17.9 Å². The first-order valence-corrected chi connectivity index (χ1v) is 10.0. The fourth-order valence-electron chi connectivity index (χ4n) is 2.92. The minimum atomic E-state index is -0.243. The molecule has 29 heavy (non-hydrogen) atoms. The van der Waals surface area contributed by atoms with Gasteiger partial charge < -0.3 is 10.6 Å². The largest absolute Gasteiger partial charge is 0.351 e. The Morgan fingerprint density at radius 2 is 2.03 bits per heavy atom. The molecule has 1 unspecified atom stereocenters. The van der Waals surface area contributed by atoms with E-state index >= 15 is 0 Å². The van der Waals surface area contributed by atoms with Gasteiger partial charge in [0.2, 0.25) is 10.7 Å². The lowest BCUT2D eigenvalue weighted by molar-refractivity contribution is 0.0924. The zero-order chi connectivity index (χ0) is 20.4. The molecule has 11 heteroatoms. The van der Waals surface area contributed by atoms with Crippen molar-refractivity contribution in [2.24, 2.45) is 0 Å². The fourth-order valence-corrected chi connectivity index (χ4v) is 3.64. The van der Waals surface area contributed by atoms with Gasteiger partial charge in [0, 0.05) is 31.2 Å². The third kappa shape index (κ3) is 4.24. The molecule has 4 heterocycles. The molecule has 0 aliphatic rings. The number of nitrogens with one attached hydrogen (secondary N) is 2. The first-order chi connectivity index (χ1) is 14.0. The zero-order valence-electron chi connectivity index (χ0n) is 16.0. The van der Waals surface area contributed by atoms with Gasteiger partial charge in [0.25, 0.3) is 11.8 Å². The average Bonchev–Trinajstić information content (AvgIpc) is 3.37. The number of hydrogen-bond acceptors (Lipinski definition) is 7. The predicted octanol–water partition coefficient (Wildman–Crippen LogP) is 1.47. The van der Waals surface area contributed by atoms with E-state index in [9.17, 15) is 9.59 Å². The lowest BCUT2D eigenvalue weighted by Crippen LogP contribution is -2.33. The average molecular weight is 412 g/mol. The molecule has 0 radical (unpaired) electrons. The molecule has 4 aromatic rings. The summed E-state index contributed by atoms with van der Waals surface area (Å²) in [5.74, 6) is 0.0145. The molecule has 0 saturated heterocycles. The molecule has 150 valence electrons. The van der Waals surface area contributed by atoms with E-state index in [4.69, 9.17) is 0 Å². The molecule has 0 bridgehead atoms. The van der Waals surface area contributed by atoms with Crippen LogP contribution in [0.15, 0.2) is 30.9 Å². The van der Waals surface area contributed by atoms with Crippen LogP contribution in [0.1, 0.15) is 45.7 Å². The SMILES string of the molecule is Cc1nn2cc(C(=O)NC(C)CCCNC(=O)c3cn4cccnc4n3)nc2s1. The van der Waals surface area contributed by atoms with Gasteiger partial charge in [-0.1, -0.05) is 11.3 Å². The molecule has 4 aromatic heterocycles. The lowest BCUT2D eigenvalue weighted by Gasteiger charge is -2.12. The molecule has 0 aromatic carbocycles. The summed E-state index contributed by atoms with van der Waals surface area (Å²) >= 11 is 1.44. The van der Waals surface area contributed by atoms with Crippen molar-refractivity contribution in [3.05, 3.63) is 47.2 Å². The predicted molar refractivity (Wildman–Crippen MR) is 107 cm³/mol.